The number of piperidine rings is 1. The van der Waals surface area contributed by atoms with Gasteiger partial charge in [-0.15, -0.1) is 0 Å². The van der Waals surface area contributed by atoms with E-state index in [1.54, 1.807) is 0 Å². The van der Waals surface area contributed by atoms with Crippen molar-refractivity contribution in [1.29, 1.82) is 0 Å². The maximum Gasteiger partial charge on any atom is 0.340 e. The first kappa shape index (κ1) is 14.5. The zero-order valence-electron chi connectivity index (χ0n) is 11.4. The van der Waals surface area contributed by atoms with Crippen molar-refractivity contribution >= 4 is 16.0 Å². The van der Waals surface area contributed by atoms with Crippen LogP contribution in [0.5, 0.6) is 0 Å². The normalized spacial score (nSPS) is 26.7. The summed E-state index contributed by atoms with van der Waals surface area (Å²) in [5.74, 6) is -1.31. The molecule has 8 nitrogen and oxygen atoms in total. The van der Waals surface area contributed by atoms with Gasteiger partial charge in [-0.05, 0) is 38.8 Å². The molecule has 3 rings (SSSR count). The zero-order valence-corrected chi connectivity index (χ0v) is 12.3. The fraction of sp³-hybridized carbons (Fsp3) is 0.667. The first-order chi connectivity index (χ1) is 9.97. The number of nitrogens with one attached hydrogen (secondary N) is 2. The van der Waals surface area contributed by atoms with Crippen molar-refractivity contribution < 1.29 is 18.3 Å². The van der Waals surface area contributed by atoms with E-state index in [0.717, 1.165) is 45.0 Å². The molecular formula is C12H18N4O4S. The fourth-order valence-corrected chi connectivity index (χ4v) is 4.61. The summed E-state index contributed by atoms with van der Waals surface area (Å²) < 4.78 is 27.3. The van der Waals surface area contributed by atoms with Crippen LogP contribution < -0.4 is 4.72 Å². The van der Waals surface area contributed by atoms with Crippen molar-refractivity contribution in [3.05, 3.63) is 11.8 Å². The summed E-state index contributed by atoms with van der Waals surface area (Å²) in [6.07, 6.45) is 4.79. The molecule has 2 fully saturated rings. The third kappa shape index (κ3) is 2.81. The molecule has 1 aromatic rings. The maximum absolute atomic E-state index is 12.3. The molecule has 21 heavy (non-hydrogen) atoms. The Morgan fingerprint density at radius 2 is 2.24 bits per heavy atom. The molecule has 2 aliphatic rings. The highest BCUT2D eigenvalue weighted by atomic mass is 32.2. The molecular weight excluding hydrogens is 296 g/mol. The molecule has 3 heterocycles. The van der Waals surface area contributed by atoms with Gasteiger partial charge in [0.1, 0.15) is 5.56 Å². The first-order valence-electron chi connectivity index (χ1n) is 7.00. The summed E-state index contributed by atoms with van der Waals surface area (Å²) in [5, 5.41) is 14.4. The Bertz CT molecular complexity index is 641. The lowest BCUT2D eigenvalue weighted by Gasteiger charge is -2.34. The highest BCUT2D eigenvalue weighted by Crippen LogP contribution is 2.27. The second kappa shape index (κ2) is 5.39. The monoisotopic (exact) mass is 314 g/mol. The molecule has 0 amide bonds. The van der Waals surface area contributed by atoms with Gasteiger partial charge in [0.15, 0.2) is 5.03 Å². The van der Waals surface area contributed by atoms with E-state index >= 15 is 0 Å². The maximum atomic E-state index is 12.3. The molecule has 0 saturated carbocycles. The largest absolute Gasteiger partial charge is 0.478 e. The lowest BCUT2D eigenvalue weighted by molar-refractivity contribution is 0.0692. The molecule has 9 heteroatoms. The van der Waals surface area contributed by atoms with Crippen molar-refractivity contribution in [3.63, 3.8) is 0 Å². The fourth-order valence-electron chi connectivity index (χ4n) is 3.24. The van der Waals surface area contributed by atoms with Crippen LogP contribution in [-0.2, 0) is 10.0 Å². The number of nitrogens with zero attached hydrogens (tertiary/aromatic N) is 2. The molecule has 0 aliphatic carbocycles. The Morgan fingerprint density at radius 1 is 1.43 bits per heavy atom. The molecule has 1 aromatic heterocycles. The predicted octanol–water partition coefficient (Wildman–Crippen LogP) is 0.0130. The summed E-state index contributed by atoms with van der Waals surface area (Å²) in [5.41, 5.74) is -0.333. The molecule has 2 aliphatic heterocycles. The minimum atomic E-state index is -3.89. The van der Waals surface area contributed by atoms with E-state index in [0.29, 0.717) is 6.04 Å². The van der Waals surface area contributed by atoms with Crippen molar-refractivity contribution in [3.8, 4) is 0 Å². The Balaban J connectivity index is 1.74. The van der Waals surface area contributed by atoms with Crippen LogP contribution in [-0.4, -0.2) is 59.8 Å². The average Bonchev–Trinajstić information content (AvgIpc) is 3.06. The summed E-state index contributed by atoms with van der Waals surface area (Å²) in [4.78, 5) is 13.4. The van der Waals surface area contributed by atoms with Gasteiger partial charge in [-0.25, -0.2) is 17.9 Å². The van der Waals surface area contributed by atoms with E-state index in [1.807, 2.05) is 0 Å². The quantitative estimate of drug-likeness (QED) is 0.721. The molecule has 2 atom stereocenters. The van der Waals surface area contributed by atoms with E-state index in [2.05, 4.69) is 19.8 Å². The Kier molecular flexibility index (Phi) is 3.72. The van der Waals surface area contributed by atoms with Crippen LogP contribution in [0.2, 0.25) is 0 Å². The predicted molar refractivity (Wildman–Crippen MR) is 73.5 cm³/mol. The summed E-state index contributed by atoms with van der Waals surface area (Å²) in [6.45, 7) is 1.97. The van der Waals surface area contributed by atoms with Crippen LogP contribution in [0.15, 0.2) is 11.2 Å². The molecule has 0 spiro atoms. The summed E-state index contributed by atoms with van der Waals surface area (Å²) in [7, 11) is -3.89. The smallest absolute Gasteiger partial charge is 0.340 e. The molecule has 2 unspecified atom stereocenters. The highest BCUT2D eigenvalue weighted by Gasteiger charge is 2.35. The van der Waals surface area contributed by atoms with Crippen molar-refractivity contribution in [1.82, 2.24) is 19.8 Å². The van der Waals surface area contributed by atoms with Gasteiger partial charge in [-0.3, -0.25) is 5.10 Å². The van der Waals surface area contributed by atoms with Crippen LogP contribution in [0.4, 0.5) is 0 Å². The number of carboxylic acids is 1. The van der Waals surface area contributed by atoms with Crippen LogP contribution in [0.1, 0.15) is 36.0 Å². The van der Waals surface area contributed by atoms with Crippen LogP contribution >= 0.6 is 0 Å². The molecule has 0 radical (unpaired) electrons. The molecule has 116 valence electrons. The van der Waals surface area contributed by atoms with Gasteiger partial charge in [0, 0.05) is 12.1 Å². The number of hydrogen-bond donors (Lipinski definition) is 3. The molecule has 0 aromatic carbocycles. The number of carbonyl (C=O) groups is 1. The standard InChI is InChI=1S/C12H18N4O4S/c17-12(18)10-7-13-14-11(10)21(19,20)15-8-3-5-16-4-1-2-9(16)6-8/h7-9,15H,1-6H2,(H,13,14)(H,17,18). The Morgan fingerprint density at radius 3 is 3.00 bits per heavy atom. The highest BCUT2D eigenvalue weighted by molar-refractivity contribution is 7.89. The van der Waals surface area contributed by atoms with Crippen LogP contribution in [0, 0.1) is 0 Å². The van der Waals surface area contributed by atoms with Crippen molar-refractivity contribution in [2.24, 2.45) is 0 Å². The summed E-state index contributed by atoms with van der Waals surface area (Å²) in [6, 6.07) is 0.284. The topological polar surface area (TPSA) is 115 Å². The lowest BCUT2D eigenvalue weighted by Crippen LogP contribution is -2.47. The van der Waals surface area contributed by atoms with Crippen molar-refractivity contribution in [2.45, 2.75) is 42.8 Å². The second-order valence-corrected chi connectivity index (χ2v) is 7.24. The number of aromatic carboxylic acids is 1. The molecule has 0 bridgehead atoms. The molecule has 2 saturated heterocycles. The van der Waals surface area contributed by atoms with Gasteiger partial charge in [0.25, 0.3) is 10.0 Å². The minimum Gasteiger partial charge on any atom is -0.478 e. The van der Waals surface area contributed by atoms with Gasteiger partial charge in [-0.1, -0.05) is 0 Å². The Labute approximate surface area is 122 Å². The van der Waals surface area contributed by atoms with Crippen LogP contribution in [0.3, 0.4) is 0 Å². The number of rotatable bonds is 4. The van der Waals surface area contributed by atoms with Gasteiger partial charge in [0.05, 0.1) is 6.20 Å². The van der Waals surface area contributed by atoms with Gasteiger partial charge in [-0.2, -0.15) is 5.10 Å². The molecule has 3 N–H and O–H groups in total. The van der Waals surface area contributed by atoms with E-state index < -0.39 is 16.0 Å². The second-order valence-electron chi connectivity index (χ2n) is 5.59. The van der Waals surface area contributed by atoms with Crippen molar-refractivity contribution in [2.75, 3.05) is 13.1 Å². The summed E-state index contributed by atoms with van der Waals surface area (Å²) >= 11 is 0. The Hall–Kier alpha value is -1.45. The average molecular weight is 314 g/mol. The van der Waals surface area contributed by atoms with E-state index in [1.165, 1.54) is 0 Å². The first-order valence-corrected chi connectivity index (χ1v) is 8.49. The minimum absolute atomic E-state index is 0.153. The number of fused-ring (bicyclic) bond motifs is 1. The third-order valence-corrected chi connectivity index (χ3v) is 5.74. The van der Waals surface area contributed by atoms with Crippen LogP contribution in [0.25, 0.3) is 0 Å². The van der Waals surface area contributed by atoms with E-state index in [9.17, 15) is 13.2 Å². The zero-order chi connectivity index (χ0) is 15.0. The van der Waals surface area contributed by atoms with Gasteiger partial charge >= 0.3 is 5.97 Å². The van der Waals surface area contributed by atoms with E-state index in [-0.39, 0.29) is 16.6 Å². The lowest BCUT2D eigenvalue weighted by atomic mass is 9.99. The number of sulfonamides is 1. The van der Waals surface area contributed by atoms with Gasteiger partial charge < -0.3 is 10.0 Å². The number of hydrogen-bond acceptors (Lipinski definition) is 5. The number of aromatic amines is 1. The number of carboxylic acid groups (broad SMARTS) is 1. The number of H-pyrrole nitrogens is 1. The number of aromatic nitrogens is 2. The third-order valence-electron chi connectivity index (χ3n) is 4.25. The van der Waals surface area contributed by atoms with Gasteiger partial charge in [0.2, 0.25) is 0 Å². The van der Waals surface area contributed by atoms with E-state index in [4.69, 9.17) is 5.11 Å². The SMILES string of the molecule is O=C(O)c1cn[nH]c1S(=O)(=O)NC1CCN2CCCC2C1.